The second-order valence-corrected chi connectivity index (χ2v) is 9.22. The first-order valence-electron chi connectivity index (χ1n) is 12.6. The first-order valence-corrected chi connectivity index (χ1v) is 12.6. The van der Waals surface area contributed by atoms with E-state index in [1.54, 1.807) is 18.3 Å². The van der Waals surface area contributed by atoms with E-state index in [0.717, 1.165) is 60.1 Å². The molecule has 0 saturated carbocycles. The number of rotatable bonds is 7. The molecular weight excluding hydrogens is 469 g/mol. The van der Waals surface area contributed by atoms with Gasteiger partial charge in [-0.3, -0.25) is 4.98 Å². The standard InChI is InChI=1S/C29H28FN5O2/c30-26-8-2-1-6-24(26)27-15-25(23-7-5-10-32-29(23)34-27)21-14-20(16-31-17-21)22-18-33-35(19-22)11-13-37-28-9-3-4-12-36-28/h1-2,5-8,10,14-17,19,28,33H,3-4,9,11-13,18H2. The summed E-state index contributed by atoms with van der Waals surface area (Å²) in [6, 6.07) is 14.6. The first-order chi connectivity index (χ1) is 18.2. The second-order valence-electron chi connectivity index (χ2n) is 9.22. The number of nitrogens with one attached hydrogen (secondary N) is 1. The summed E-state index contributed by atoms with van der Waals surface area (Å²) in [5.41, 5.74) is 8.94. The summed E-state index contributed by atoms with van der Waals surface area (Å²) in [6.07, 6.45) is 10.6. The first kappa shape index (κ1) is 23.7. The number of hydrazine groups is 1. The van der Waals surface area contributed by atoms with Crippen molar-refractivity contribution in [1.82, 2.24) is 25.4 Å². The molecule has 0 aliphatic carbocycles. The van der Waals surface area contributed by atoms with E-state index in [4.69, 9.17) is 9.47 Å². The van der Waals surface area contributed by atoms with E-state index in [1.807, 2.05) is 41.7 Å². The minimum Gasteiger partial charge on any atom is -0.353 e. The van der Waals surface area contributed by atoms with Crippen LogP contribution in [-0.2, 0) is 9.47 Å². The lowest BCUT2D eigenvalue weighted by Crippen LogP contribution is -2.33. The predicted molar refractivity (Wildman–Crippen MR) is 140 cm³/mol. The highest BCUT2D eigenvalue weighted by atomic mass is 19.1. The molecule has 0 radical (unpaired) electrons. The molecule has 2 aliphatic heterocycles. The second kappa shape index (κ2) is 10.7. The van der Waals surface area contributed by atoms with Crippen molar-refractivity contribution in [3.05, 3.63) is 84.7 Å². The van der Waals surface area contributed by atoms with Gasteiger partial charge in [-0.2, -0.15) is 0 Å². The number of hydrogen-bond acceptors (Lipinski definition) is 7. The van der Waals surface area contributed by atoms with Crippen molar-refractivity contribution in [3.8, 4) is 22.4 Å². The van der Waals surface area contributed by atoms with Crippen molar-refractivity contribution in [3.63, 3.8) is 0 Å². The number of nitrogens with zero attached hydrogens (tertiary/aromatic N) is 4. The molecule has 1 atom stereocenters. The fraction of sp³-hybridized carbons (Fsp3) is 0.276. The number of benzene rings is 1. The van der Waals surface area contributed by atoms with Crippen molar-refractivity contribution < 1.29 is 13.9 Å². The molecule has 8 heteroatoms. The van der Waals surface area contributed by atoms with Gasteiger partial charge in [0.2, 0.25) is 0 Å². The lowest BCUT2D eigenvalue weighted by atomic mass is 9.98. The Balaban J connectivity index is 1.26. The zero-order valence-electron chi connectivity index (χ0n) is 20.4. The predicted octanol–water partition coefficient (Wildman–Crippen LogP) is 5.20. The Morgan fingerprint density at radius 2 is 1.97 bits per heavy atom. The molecule has 1 N–H and O–H groups in total. The van der Waals surface area contributed by atoms with Gasteiger partial charge in [0, 0.05) is 54.5 Å². The molecule has 5 heterocycles. The van der Waals surface area contributed by atoms with Gasteiger partial charge in [-0.25, -0.2) is 19.8 Å². The molecule has 1 fully saturated rings. The van der Waals surface area contributed by atoms with Crippen LogP contribution in [0.1, 0.15) is 24.8 Å². The van der Waals surface area contributed by atoms with E-state index in [-0.39, 0.29) is 12.1 Å². The van der Waals surface area contributed by atoms with Crippen molar-refractivity contribution in [2.45, 2.75) is 25.6 Å². The number of aromatic nitrogens is 3. The molecule has 1 aromatic carbocycles. The van der Waals surface area contributed by atoms with Crippen LogP contribution in [0, 0.1) is 5.82 Å². The van der Waals surface area contributed by atoms with Gasteiger partial charge >= 0.3 is 0 Å². The molecule has 4 aromatic rings. The topological polar surface area (TPSA) is 72.4 Å². The summed E-state index contributed by atoms with van der Waals surface area (Å²) in [4.78, 5) is 13.6. The van der Waals surface area contributed by atoms with Crippen molar-refractivity contribution >= 4 is 16.6 Å². The van der Waals surface area contributed by atoms with Crippen LogP contribution >= 0.6 is 0 Å². The zero-order valence-corrected chi connectivity index (χ0v) is 20.4. The molecule has 1 unspecified atom stereocenters. The molecular formula is C29H28FN5O2. The number of hydrogen-bond donors (Lipinski definition) is 1. The Morgan fingerprint density at radius 3 is 2.86 bits per heavy atom. The van der Waals surface area contributed by atoms with E-state index in [0.29, 0.717) is 30.1 Å². The van der Waals surface area contributed by atoms with Crippen LogP contribution < -0.4 is 5.43 Å². The SMILES string of the molecule is Fc1ccccc1-c1cc(-c2cncc(C3=CN(CCOC4CCCCO4)NC3)c2)c2cccnc2n1. The molecule has 37 heavy (non-hydrogen) atoms. The van der Waals surface area contributed by atoms with Gasteiger partial charge in [-0.1, -0.05) is 12.1 Å². The molecule has 0 bridgehead atoms. The van der Waals surface area contributed by atoms with E-state index in [1.165, 1.54) is 6.07 Å². The Labute approximate surface area is 215 Å². The molecule has 3 aromatic heterocycles. The van der Waals surface area contributed by atoms with Gasteiger partial charge in [-0.05, 0) is 72.4 Å². The Kier molecular flexibility index (Phi) is 6.86. The lowest BCUT2D eigenvalue weighted by molar-refractivity contribution is -0.164. The van der Waals surface area contributed by atoms with Gasteiger partial charge in [0.25, 0.3) is 0 Å². The third-order valence-electron chi connectivity index (χ3n) is 6.71. The van der Waals surface area contributed by atoms with Gasteiger partial charge in [-0.15, -0.1) is 0 Å². The average Bonchev–Trinajstić information content (AvgIpc) is 3.42. The van der Waals surface area contributed by atoms with Crippen LogP contribution in [-0.4, -0.2) is 52.6 Å². The van der Waals surface area contributed by atoms with Gasteiger partial charge in [0.15, 0.2) is 11.9 Å². The summed E-state index contributed by atoms with van der Waals surface area (Å²) in [6.45, 7) is 2.80. The van der Waals surface area contributed by atoms with Gasteiger partial charge in [0.1, 0.15) is 5.82 Å². The minimum absolute atomic E-state index is 0.0837. The number of halogens is 1. The fourth-order valence-corrected chi connectivity index (χ4v) is 4.78. The molecule has 7 nitrogen and oxygen atoms in total. The molecule has 2 aliphatic rings. The van der Waals surface area contributed by atoms with Crippen LogP contribution in [0.2, 0.25) is 0 Å². The summed E-state index contributed by atoms with van der Waals surface area (Å²) in [7, 11) is 0. The highest BCUT2D eigenvalue weighted by Crippen LogP contribution is 2.33. The summed E-state index contributed by atoms with van der Waals surface area (Å²) < 4.78 is 26.1. The maximum Gasteiger partial charge on any atom is 0.160 e. The molecule has 188 valence electrons. The molecule has 0 spiro atoms. The van der Waals surface area contributed by atoms with Crippen molar-refractivity contribution in [1.29, 1.82) is 0 Å². The smallest absolute Gasteiger partial charge is 0.160 e. The van der Waals surface area contributed by atoms with Crippen molar-refractivity contribution in [2.24, 2.45) is 0 Å². The van der Waals surface area contributed by atoms with Gasteiger partial charge in [0.05, 0.1) is 18.8 Å². The van der Waals surface area contributed by atoms with E-state index < -0.39 is 0 Å². The highest BCUT2D eigenvalue weighted by Gasteiger charge is 2.18. The molecule has 1 saturated heterocycles. The Morgan fingerprint density at radius 1 is 1.05 bits per heavy atom. The van der Waals surface area contributed by atoms with E-state index in [2.05, 4.69) is 32.6 Å². The zero-order chi connectivity index (χ0) is 25.0. The molecule has 6 rings (SSSR count). The maximum absolute atomic E-state index is 14.6. The Bertz CT molecular complexity index is 1440. The summed E-state index contributed by atoms with van der Waals surface area (Å²) >= 11 is 0. The molecule has 0 amide bonds. The van der Waals surface area contributed by atoms with Gasteiger partial charge < -0.3 is 14.5 Å². The van der Waals surface area contributed by atoms with Crippen LogP contribution in [0.25, 0.3) is 39.0 Å². The monoisotopic (exact) mass is 497 g/mol. The Hall–Kier alpha value is -3.72. The largest absolute Gasteiger partial charge is 0.353 e. The maximum atomic E-state index is 14.6. The number of ether oxygens (including phenoxy) is 2. The van der Waals surface area contributed by atoms with Crippen LogP contribution in [0.5, 0.6) is 0 Å². The summed E-state index contributed by atoms with van der Waals surface area (Å²) in [5.74, 6) is -0.315. The van der Waals surface area contributed by atoms with Crippen LogP contribution in [0.4, 0.5) is 4.39 Å². The van der Waals surface area contributed by atoms with Crippen molar-refractivity contribution in [2.75, 3.05) is 26.3 Å². The number of pyridine rings is 3. The normalized spacial score (nSPS) is 17.8. The third-order valence-corrected chi connectivity index (χ3v) is 6.71. The van der Waals surface area contributed by atoms with E-state index >= 15 is 0 Å². The summed E-state index contributed by atoms with van der Waals surface area (Å²) in [5, 5.41) is 2.94. The quantitative estimate of drug-likeness (QED) is 0.376. The van der Waals surface area contributed by atoms with E-state index in [9.17, 15) is 4.39 Å². The highest BCUT2D eigenvalue weighted by molar-refractivity contribution is 5.95. The third kappa shape index (κ3) is 5.22. The van der Waals surface area contributed by atoms with Crippen LogP contribution in [0.3, 0.4) is 0 Å². The average molecular weight is 498 g/mol. The minimum atomic E-state index is -0.315. The fourth-order valence-electron chi connectivity index (χ4n) is 4.78. The van der Waals surface area contributed by atoms with Crippen LogP contribution in [0.15, 0.2) is 73.3 Å². The lowest BCUT2D eigenvalue weighted by Gasteiger charge is -2.24. The number of fused-ring (bicyclic) bond motifs is 1.